The number of hydrogen-bond donors (Lipinski definition) is 1. The standard InChI is InChI=1S/C31H37Cl2N3O4S/c1-4-6-17-34-31(38)29(5-2)35(18-16-24-10-8-7-9-11-24)30(37)22-36(27-20-25(32)19-26(33)21-27)41(39,40)28-14-12-23(3)13-15-28/h7-15,19-21,29H,4-6,16-18,22H2,1-3H3,(H,34,38)/t29-/m1/s1. The topological polar surface area (TPSA) is 86.8 Å². The van der Waals surface area contributed by atoms with E-state index in [2.05, 4.69) is 5.32 Å². The fourth-order valence-corrected chi connectivity index (χ4v) is 6.36. The van der Waals surface area contributed by atoms with E-state index in [0.29, 0.717) is 19.4 Å². The molecule has 0 heterocycles. The highest BCUT2D eigenvalue weighted by Gasteiger charge is 2.33. The number of nitrogens with one attached hydrogen (secondary N) is 1. The maximum atomic E-state index is 14.1. The minimum Gasteiger partial charge on any atom is -0.354 e. The molecule has 0 aliphatic carbocycles. The zero-order valence-corrected chi connectivity index (χ0v) is 26.0. The van der Waals surface area contributed by atoms with Crippen LogP contribution in [0.3, 0.4) is 0 Å². The van der Waals surface area contributed by atoms with Crippen LogP contribution in [0.1, 0.15) is 44.2 Å². The molecule has 0 saturated carbocycles. The van der Waals surface area contributed by atoms with Crippen molar-refractivity contribution in [2.45, 2.75) is 57.4 Å². The molecule has 41 heavy (non-hydrogen) atoms. The number of nitrogens with zero attached hydrogens (tertiary/aromatic N) is 2. The molecule has 7 nitrogen and oxygen atoms in total. The number of hydrogen-bond acceptors (Lipinski definition) is 4. The molecule has 0 unspecified atom stereocenters. The van der Waals surface area contributed by atoms with Gasteiger partial charge in [-0.05, 0) is 62.1 Å². The second kappa shape index (κ2) is 15.2. The van der Waals surface area contributed by atoms with Gasteiger partial charge in [0.1, 0.15) is 12.6 Å². The third-order valence-corrected chi connectivity index (χ3v) is 8.95. The van der Waals surface area contributed by atoms with E-state index in [-0.39, 0.29) is 33.1 Å². The molecule has 0 saturated heterocycles. The Balaban J connectivity index is 2.01. The number of anilines is 1. The predicted octanol–water partition coefficient (Wildman–Crippen LogP) is 6.26. The summed E-state index contributed by atoms with van der Waals surface area (Å²) in [7, 11) is -4.20. The smallest absolute Gasteiger partial charge is 0.264 e. The lowest BCUT2D eigenvalue weighted by Gasteiger charge is -2.33. The first kappa shape index (κ1) is 32.4. The van der Waals surface area contributed by atoms with Crippen molar-refractivity contribution in [2.75, 3.05) is 23.9 Å². The first-order chi connectivity index (χ1) is 19.6. The maximum absolute atomic E-state index is 14.1. The van der Waals surface area contributed by atoms with Gasteiger partial charge in [-0.15, -0.1) is 0 Å². The summed E-state index contributed by atoms with van der Waals surface area (Å²) in [4.78, 5) is 28.8. The second-order valence-corrected chi connectivity index (χ2v) is 12.6. The number of aryl methyl sites for hydroxylation is 1. The summed E-state index contributed by atoms with van der Waals surface area (Å²) in [5, 5.41) is 3.39. The van der Waals surface area contributed by atoms with Crippen LogP contribution in [0.2, 0.25) is 10.0 Å². The van der Waals surface area contributed by atoms with Crippen LogP contribution in [0.4, 0.5) is 5.69 Å². The Morgan fingerprint density at radius 1 is 0.927 bits per heavy atom. The number of amides is 2. The molecule has 0 spiro atoms. The van der Waals surface area contributed by atoms with Gasteiger partial charge in [-0.25, -0.2) is 8.42 Å². The van der Waals surface area contributed by atoms with Gasteiger partial charge < -0.3 is 10.2 Å². The number of benzene rings is 3. The Hall–Kier alpha value is -3.07. The van der Waals surface area contributed by atoms with Crippen LogP contribution in [0.5, 0.6) is 0 Å². The second-order valence-electron chi connectivity index (χ2n) is 9.84. The van der Waals surface area contributed by atoms with Gasteiger partial charge in [-0.2, -0.15) is 0 Å². The van der Waals surface area contributed by atoms with Gasteiger partial charge in [-0.3, -0.25) is 13.9 Å². The van der Waals surface area contributed by atoms with Crippen molar-refractivity contribution in [3.63, 3.8) is 0 Å². The molecule has 1 atom stereocenters. The van der Waals surface area contributed by atoms with Crippen molar-refractivity contribution in [3.8, 4) is 0 Å². The molecule has 3 rings (SSSR count). The van der Waals surface area contributed by atoms with Crippen LogP contribution in [0, 0.1) is 6.92 Å². The van der Waals surface area contributed by atoms with Gasteiger partial charge in [-0.1, -0.05) is 91.5 Å². The fraction of sp³-hybridized carbons (Fsp3) is 0.355. The SMILES string of the molecule is CCCCNC(=O)[C@@H](CC)N(CCc1ccccc1)C(=O)CN(c1cc(Cl)cc(Cl)c1)S(=O)(=O)c1ccc(C)cc1. The van der Waals surface area contributed by atoms with E-state index in [1.807, 2.05) is 51.1 Å². The molecule has 220 valence electrons. The summed E-state index contributed by atoms with van der Waals surface area (Å²) >= 11 is 12.5. The molecule has 0 radical (unpaired) electrons. The minimum atomic E-state index is -4.20. The molecule has 0 bridgehead atoms. The Labute approximate surface area is 253 Å². The van der Waals surface area contributed by atoms with Crippen molar-refractivity contribution in [1.82, 2.24) is 10.2 Å². The van der Waals surface area contributed by atoms with Crippen LogP contribution in [-0.4, -0.2) is 50.8 Å². The number of halogens is 2. The third kappa shape index (κ3) is 8.96. The van der Waals surface area contributed by atoms with Gasteiger partial charge in [0, 0.05) is 23.1 Å². The average Bonchev–Trinajstić information content (AvgIpc) is 2.94. The lowest BCUT2D eigenvalue weighted by atomic mass is 10.1. The Morgan fingerprint density at radius 2 is 1.56 bits per heavy atom. The first-order valence-electron chi connectivity index (χ1n) is 13.7. The number of carbonyl (C=O) groups is 2. The van der Waals surface area contributed by atoms with E-state index in [4.69, 9.17) is 23.2 Å². The van der Waals surface area contributed by atoms with E-state index in [0.717, 1.165) is 28.3 Å². The lowest BCUT2D eigenvalue weighted by molar-refractivity contribution is -0.139. The Kier molecular flexibility index (Phi) is 12.1. The van der Waals surface area contributed by atoms with Crippen LogP contribution >= 0.6 is 23.2 Å². The summed E-state index contributed by atoms with van der Waals surface area (Å²) in [5.74, 6) is -0.772. The number of carbonyl (C=O) groups excluding carboxylic acids is 2. The third-order valence-electron chi connectivity index (χ3n) is 6.72. The van der Waals surface area contributed by atoms with E-state index in [1.165, 1.54) is 35.2 Å². The zero-order valence-electron chi connectivity index (χ0n) is 23.6. The van der Waals surface area contributed by atoms with Crippen molar-refractivity contribution in [1.29, 1.82) is 0 Å². The van der Waals surface area contributed by atoms with E-state index in [1.54, 1.807) is 12.1 Å². The molecule has 1 N–H and O–H groups in total. The zero-order chi connectivity index (χ0) is 30.0. The summed E-state index contributed by atoms with van der Waals surface area (Å²) in [6.07, 6.45) is 2.60. The van der Waals surface area contributed by atoms with Crippen LogP contribution in [0.25, 0.3) is 0 Å². The van der Waals surface area contributed by atoms with Crippen LogP contribution in [-0.2, 0) is 26.0 Å². The van der Waals surface area contributed by atoms with Gasteiger partial charge in [0.2, 0.25) is 11.8 Å². The van der Waals surface area contributed by atoms with Crippen LogP contribution in [0.15, 0.2) is 77.7 Å². The minimum absolute atomic E-state index is 0.0205. The fourth-order valence-electron chi connectivity index (χ4n) is 4.45. The molecule has 0 aromatic heterocycles. The first-order valence-corrected chi connectivity index (χ1v) is 15.9. The van der Waals surface area contributed by atoms with E-state index < -0.39 is 28.5 Å². The van der Waals surface area contributed by atoms with E-state index in [9.17, 15) is 18.0 Å². The molecular formula is C31H37Cl2N3O4S. The largest absolute Gasteiger partial charge is 0.354 e. The molecular weight excluding hydrogens is 581 g/mol. The number of unbranched alkanes of at least 4 members (excludes halogenated alkanes) is 1. The van der Waals surface area contributed by atoms with Gasteiger partial charge in [0.25, 0.3) is 10.0 Å². The Morgan fingerprint density at radius 3 is 2.15 bits per heavy atom. The van der Waals surface area contributed by atoms with Gasteiger partial charge in [0.05, 0.1) is 10.6 Å². The molecule has 0 fully saturated rings. The van der Waals surface area contributed by atoms with Gasteiger partial charge >= 0.3 is 0 Å². The molecule has 0 aliphatic heterocycles. The maximum Gasteiger partial charge on any atom is 0.264 e. The van der Waals surface area contributed by atoms with Gasteiger partial charge in [0.15, 0.2) is 0 Å². The van der Waals surface area contributed by atoms with Crippen molar-refractivity contribution in [2.24, 2.45) is 0 Å². The monoisotopic (exact) mass is 617 g/mol. The highest BCUT2D eigenvalue weighted by atomic mass is 35.5. The number of sulfonamides is 1. The number of rotatable bonds is 14. The summed E-state index contributed by atoms with van der Waals surface area (Å²) in [6.45, 7) is 5.92. The molecule has 3 aromatic carbocycles. The normalized spacial score (nSPS) is 12.0. The molecule has 2 amide bonds. The van der Waals surface area contributed by atoms with Crippen molar-refractivity contribution < 1.29 is 18.0 Å². The highest BCUT2D eigenvalue weighted by Crippen LogP contribution is 2.30. The summed E-state index contributed by atoms with van der Waals surface area (Å²) in [5.41, 5.74) is 2.04. The summed E-state index contributed by atoms with van der Waals surface area (Å²) < 4.78 is 28.9. The predicted molar refractivity (Wildman–Crippen MR) is 166 cm³/mol. The highest BCUT2D eigenvalue weighted by molar-refractivity contribution is 7.92. The molecule has 3 aromatic rings. The quantitative estimate of drug-likeness (QED) is 0.216. The molecule has 10 heteroatoms. The lowest BCUT2D eigenvalue weighted by Crippen LogP contribution is -2.53. The van der Waals surface area contributed by atoms with Crippen molar-refractivity contribution in [3.05, 3.63) is 94.0 Å². The van der Waals surface area contributed by atoms with Crippen LogP contribution < -0.4 is 9.62 Å². The summed E-state index contributed by atoms with van der Waals surface area (Å²) in [6, 6.07) is 19.6. The van der Waals surface area contributed by atoms with E-state index >= 15 is 0 Å². The van der Waals surface area contributed by atoms with Crippen molar-refractivity contribution >= 4 is 50.7 Å². The Bertz CT molecular complexity index is 1400. The average molecular weight is 619 g/mol. The molecule has 0 aliphatic rings.